The Morgan fingerprint density at radius 3 is 2.11 bits per heavy atom. The molecule has 2 aliphatic rings. The van der Waals surface area contributed by atoms with Crippen molar-refractivity contribution in [1.29, 1.82) is 0 Å². The van der Waals surface area contributed by atoms with Gasteiger partial charge < -0.3 is 19.8 Å². The van der Waals surface area contributed by atoms with E-state index in [0.29, 0.717) is 5.91 Å². The third-order valence-electron chi connectivity index (χ3n) is 5.12. The zero-order valence-electron chi connectivity index (χ0n) is 16.2. The smallest absolute Gasteiger partial charge is 0.414 e. The Morgan fingerprint density at radius 2 is 1.57 bits per heavy atom. The molecule has 8 nitrogen and oxygen atoms in total. The molecule has 0 atom stereocenters. The van der Waals surface area contributed by atoms with Crippen molar-refractivity contribution in [2.24, 2.45) is 5.92 Å². The summed E-state index contributed by atoms with van der Waals surface area (Å²) >= 11 is 0. The molecule has 3 rings (SSSR count). The van der Waals surface area contributed by atoms with Crippen molar-refractivity contribution in [1.82, 2.24) is 9.80 Å². The summed E-state index contributed by atoms with van der Waals surface area (Å²) in [5.74, 6) is -2.05. The normalized spacial score (nSPS) is 17.5. The van der Waals surface area contributed by atoms with Crippen LogP contribution in [0.25, 0.3) is 0 Å². The highest BCUT2D eigenvalue weighted by molar-refractivity contribution is 6.27. The molecule has 8 heteroatoms. The van der Waals surface area contributed by atoms with E-state index < -0.39 is 11.9 Å². The molecule has 2 heterocycles. The van der Waals surface area contributed by atoms with Crippen molar-refractivity contribution >= 4 is 17.8 Å². The molecule has 0 aliphatic carbocycles. The van der Waals surface area contributed by atoms with Crippen molar-refractivity contribution in [3.8, 4) is 5.75 Å². The molecular weight excluding hydrogens is 364 g/mol. The van der Waals surface area contributed by atoms with E-state index in [0.717, 1.165) is 51.3 Å². The van der Waals surface area contributed by atoms with Crippen molar-refractivity contribution in [2.45, 2.75) is 32.2 Å². The first-order chi connectivity index (χ1) is 13.4. The Labute approximate surface area is 164 Å². The predicted octanol–water partition coefficient (Wildman–Crippen LogP) is 1.69. The average molecular weight is 392 g/mol. The summed E-state index contributed by atoms with van der Waals surface area (Å²) in [6, 6.07) is 8.20. The van der Waals surface area contributed by atoms with E-state index in [-0.39, 0.29) is 5.92 Å². The maximum absolute atomic E-state index is 12.5. The van der Waals surface area contributed by atoms with E-state index >= 15 is 0 Å². The molecule has 1 aromatic rings. The summed E-state index contributed by atoms with van der Waals surface area (Å²) in [5, 5.41) is 14.8. The quantitative estimate of drug-likeness (QED) is 0.751. The molecule has 1 amide bonds. The molecule has 2 fully saturated rings. The lowest BCUT2D eigenvalue weighted by atomic mass is 9.95. The SMILES string of the molecule is COc1ccccc1CN1CCC(C(=O)N2CCCC2)CC1.O=C(O)C(=O)O. The van der Waals surface area contributed by atoms with Crippen LogP contribution in [0.5, 0.6) is 5.75 Å². The molecule has 2 N–H and O–H groups in total. The summed E-state index contributed by atoms with van der Waals surface area (Å²) in [4.78, 5) is 35.2. The minimum atomic E-state index is -1.82. The number of piperidine rings is 1. The molecule has 0 aromatic heterocycles. The summed E-state index contributed by atoms with van der Waals surface area (Å²) in [6.45, 7) is 4.86. The van der Waals surface area contributed by atoms with Crippen molar-refractivity contribution < 1.29 is 29.3 Å². The highest BCUT2D eigenvalue weighted by Crippen LogP contribution is 2.25. The Hall–Kier alpha value is -2.61. The number of benzene rings is 1. The fraction of sp³-hybridized carbons (Fsp3) is 0.550. The van der Waals surface area contributed by atoms with Crippen molar-refractivity contribution in [3.05, 3.63) is 29.8 Å². The van der Waals surface area contributed by atoms with E-state index in [2.05, 4.69) is 21.9 Å². The van der Waals surface area contributed by atoms with Gasteiger partial charge in [0.1, 0.15) is 5.75 Å². The van der Waals surface area contributed by atoms with Crippen LogP contribution < -0.4 is 4.74 Å². The van der Waals surface area contributed by atoms with Gasteiger partial charge >= 0.3 is 11.9 Å². The van der Waals surface area contributed by atoms with E-state index in [1.165, 1.54) is 18.4 Å². The molecule has 28 heavy (non-hydrogen) atoms. The Kier molecular flexibility index (Phi) is 8.25. The number of hydrogen-bond acceptors (Lipinski definition) is 5. The van der Waals surface area contributed by atoms with Gasteiger partial charge in [0.05, 0.1) is 7.11 Å². The lowest BCUT2D eigenvalue weighted by Gasteiger charge is -2.33. The van der Waals surface area contributed by atoms with Gasteiger partial charge in [0.2, 0.25) is 5.91 Å². The number of para-hydroxylation sites is 1. The van der Waals surface area contributed by atoms with Crippen LogP contribution in [-0.2, 0) is 20.9 Å². The molecule has 0 saturated carbocycles. The number of carbonyl (C=O) groups is 3. The van der Waals surface area contributed by atoms with Crippen LogP contribution in [0.2, 0.25) is 0 Å². The van der Waals surface area contributed by atoms with Gasteiger partial charge in [-0.3, -0.25) is 9.69 Å². The van der Waals surface area contributed by atoms with Gasteiger partial charge in [-0.2, -0.15) is 0 Å². The Balaban J connectivity index is 0.000000409. The fourth-order valence-electron chi connectivity index (χ4n) is 3.61. The third kappa shape index (κ3) is 6.23. The number of carboxylic acids is 2. The molecule has 1 aromatic carbocycles. The highest BCUT2D eigenvalue weighted by atomic mass is 16.5. The summed E-state index contributed by atoms with van der Waals surface area (Å²) in [5.41, 5.74) is 1.23. The average Bonchev–Trinajstić information content (AvgIpc) is 3.24. The van der Waals surface area contributed by atoms with Gasteiger partial charge in [0.25, 0.3) is 0 Å². The number of carboxylic acid groups (broad SMARTS) is 2. The predicted molar refractivity (Wildman–Crippen MR) is 102 cm³/mol. The number of likely N-dealkylation sites (tertiary alicyclic amines) is 2. The summed E-state index contributed by atoms with van der Waals surface area (Å²) < 4.78 is 5.43. The summed E-state index contributed by atoms with van der Waals surface area (Å²) in [6.07, 6.45) is 4.34. The van der Waals surface area contributed by atoms with E-state index in [1.807, 2.05) is 12.1 Å². The molecule has 2 aliphatic heterocycles. The van der Waals surface area contributed by atoms with Crippen molar-refractivity contribution in [2.75, 3.05) is 33.3 Å². The number of aliphatic carboxylic acids is 2. The fourth-order valence-corrected chi connectivity index (χ4v) is 3.61. The number of rotatable bonds is 4. The molecular formula is C20H28N2O6. The Bertz CT molecular complexity index is 667. The van der Waals surface area contributed by atoms with Gasteiger partial charge in [0.15, 0.2) is 0 Å². The lowest BCUT2D eigenvalue weighted by Crippen LogP contribution is -2.41. The molecule has 0 radical (unpaired) electrons. The second-order valence-electron chi connectivity index (χ2n) is 7.00. The zero-order chi connectivity index (χ0) is 20.5. The number of ether oxygens (including phenoxy) is 1. The van der Waals surface area contributed by atoms with Gasteiger partial charge in [-0.15, -0.1) is 0 Å². The molecule has 0 bridgehead atoms. The van der Waals surface area contributed by atoms with E-state index in [9.17, 15) is 4.79 Å². The number of nitrogens with zero attached hydrogens (tertiary/aromatic N) is 2. The van der Waals surface area contributed by atoms with Gasteiger partial charge in [0, 0.05) is 31.1 Å². The Morgan fingerprint density at radius 1 is 1.00 bits per heavy atom. The monoisotopic (exact) mass is 392 g/mol. The van der Waals surface area contributed by atoms with Gasteiger partial charge in [-0.25, -0.2) is 9.59 Å². The number of carbonyl (C=O) groups excluding carboxylic acids is 1. The van der Waals surface area contributed by atoms with Crippen LogP contribution in [0.3, 0.4) is 0 Å². The first kappa shape index (κ1) is 21.7. The largest absolute Gasteiger partial charge is 0.496 e. The minimum absolute atomic E-state index is 0.243. The lowest BCUT2D eigenvalue weighted by molar-refractivity contribution is -0.159. The second-order valence-corrected chi connectivity index (χ2v) is 7.00. The topological polar surface area (TPSA) is 107 Å². The number of hydrogen-bond donors (Lipinski definition) is 2. The molecule has 154 valence electrons. The maximum Gasteiger partial charge on any atom is 0.414 e. The van der Waals surface area contributed by atoms with E-state index in [1.54, 1.807) is 7.11 Å². The minimum Gasteiger partial charge on any atom is -0.496 e. The van der Waals surface area contributed by atoms with Crippen LogP contribution >= 0.6 is 0 Å². The highest BCUT2D eigenvalue weighted by Gasteiger charge is 2.29. The second kappa shape index (κ2) is 10.7. The molecule has 0 unspecified atom stereocenters. The van der Waals surface area contributed by atoms with Gasteiger partial charge in [-0.1, -0.05) is 18.2 Å². The number of methoxy groups -OCH3 is 1. The van der Waals surface area contributed by atoms with Crippen LogP contribution in [0, 0.1) is 5.92 Å². The van der Waals surface area contributed by atoms with E-state index in [4.69, 9.17) is 24.5 Å². The van der Waals surface area contributed by atoms with Crippen molar-refractivity contribution in [3.63, 3.8) is 0 Å². The summed E-state index contributed by atoms with van der Waals surface area (Å²) in [7, 11) is 1.72. The third-order valence-corrected chi connectivity index (χ3v) is 5.12. The van der Waals surface area contributed by atoms with Crippen LogP contribution in [0.1, 0.15) is 31.2 Å². The van der Waals surface area contributed by atoms with Gasteiger partial charge in [-0.05, 0) is 44.8 Å². The van der Waals surface area contributed by atoms with Crippen LogP contribution in [0.4, 0.5) is 0 Å². The maximum atomic E-state index is 12.5. The first-order valence-corrected chi connectivity index (χ1v) is 9.51. The van der Waals surface area contributed by atoms with Crippen LogP contribution in [0.15, 0.2) is 24.3 Å². The first-order valence-electron chi connectivity index (χ1n) is 9.51. The number of amides is 1. The standard InChI is InChI=1S/C18H26N2O2.C2H2O4/c1-22-17-7-3-2-6-16(17)14-19-12-8-15(9-13-19)18(21)20-10-4-5-11-20;3-1(4)2(5)6/h2-3,6-7,15H,4-5,8-14H2,1H3;(H,3,4)(H,5,6). The van der Waals surface area contributed by atoms with Crippen LogP contribution in [-0.4, -0.2) is 71.1 Å². The molecule has 2 saturated heterocycles. The molecule has 0 spiro atoms. The zero-order valence-corrected chi connectivity index (χ0v) is 16.2.